The molecular formula is C13H17N3O. The lowest BCUT2D eigenvalue weighted by Crippen LogP contribution is -2.03. The van der Waals surface area contributed by atoms with Crippen molar-refractivity contribution in [2.75, 3.05) is 26.1 Å². The Hall–Kier alpha value is -1.81. The summed E-state index contributed by atoms with van der Waals surface area (Å²) in [5.41, 5.74) is 3.41. The van der Waals surface area contributed by atoms with E-state index in [9.17, 15) is 0 Å². The van der Waals surface area contributed by atoms with Gasteiger partial charge < -0.3 is 10.1 Å². The lowest BCUT2D eigenvalue weighted by atomic mass is 10.1. The molecule has 90 valence electrons. The van der Waals surface area contributed by atoms with Crippen molar-refractivity contribution in [1.29, 1.82) is 0 Å². The normalized spacial score (nSPS) is 10.5. The Bertz CT molecular complexity index is 462. The summed E-state index contributed by atoms with van der Waals surface area (Å²) in [6.07, 6.45) is 3.91. The number of nitrogens with one attached hydrogen (secondary N) is 1. The molecule has 0 fully saturated rings. The highest BCUT2D eigenvalue weighted by Gasteiger charge is 2.01. The molecule has 2 rings (SSSR count). The SMILES string of the molecule is CNc1ccc(-c2cnn(CCOC)c2)cc1. The molecule has 0 aliphatic rings. The van der Waals surface area contributed by atoms with Crippen molar-refractivity contribution in [2.24, 2.45) is 0 Å². The lowest BCUT2D eigenvalue weighted by molar-refractivity contribution is 0.183. The van der Waals surface area contributed by atoms with Gasteiger partial charge in [-0.25, -0.2) is 0 Å². The summed E-state index contributed by atoms with van der Waals surface area (Å²) in [4.78, 5) is 0. The second kappa shape index (κ2) is 5.50. The maximum atomic E-state index is 5.02. The summed E-state index contributed by atoms with van der Waals surface area (Å²) in [6.45, 7) is 1.46. The Morgan fingerprint density at radius 3 is 2.65 bits per heavy atom. The Morgan fingerprint density at radius 1 is 1.24 bits per heavy atom. The van der Waals surface area contributed by atoms with Gasteiger partial charge in [-0.1, -0.05) is 12.1 Å². The van der Waals surface area contributed by atoms with E-state index in [2.05, 4.69) is 34.7 Å². The third-order valence-electron chi connectivity index (χ3n) is 2.66. The van der Waals surface area contributed by atoms with E-state index < -0.39 is 0 Å². The number of benzene rings is 1. The lowest BCUT2D eigenvalue weighted by Gasteiger charge is -2.01. The molecule has 1 heterocycles. The Balaban J connectivity index is 2.12. The van der Waals surface area contributed by atoms with E-state index in [0.717, 1.165) is 17.8 Å². The predicted molar refractivity (Wildman–Crippen MR) is 69.1 cm³/mol. The Labute approximate surface area is 101 Å². The van der Waals surface area contributed by atoms with Gasteiger partial charge in [-0.15, -0.1) is 0 Å². The predicted octanol–water partition coefficient (Wildman–Crippen LogP) is 2.24. The molecule has 0 unspecified atom stereocenters. The van der Waals surface area contributed by atoms with E-state index in [4.69, 9.17) is 4.74 Å². The van der Waals surface area contributed by atoms with E-state index in [0.29, 0.717) is 6.61 Å². The zero-order chi connectivity index (χ0) is 12.1. The third-order valence-corrected chi connectivity index (χ3v) is 2.66. The summed E-state index contributed by atoms with van der Waals surface area (Å²) in [7, 11) is 3.61. The summed E-state index contributed by atoms with van der Waals surface area (Å²) < 4.78 is 6.92. The fraction of sp³-hybridized carbons (Fsp3) is 0.308. The molecule has 2 aromatic rings. The van der Waals surface area contributed by atoms with Gasteiger partial charge in [-0.2, -0.15) is 5.10 Å². The quantitative estimate of drug-likeness (QED) is 0.857. The van der Waals surface area contributed by atoms with Crippen LogP contribution in [0.3, 0.4) is 0 Å². The number of anilines is 1. The van der Waals surface area contributed by atoms with Crippen molar-refractivity contribution >= 4 is 5.69 Å². The van der Waals surface area contributed by atoms with Crippen molar-refractivity contribution in [3.63, 3.8) is 0 Å². The van der Waals surface area contributed by atoms with Crippen molar-refractivity contribution in [2.45, 2.75) is 6.54 Å². The molecular weight excluding hydrogens is 214 g/mol. The summed E-state index contributed by atoms with van der Waals surface area (Å²) in [5.74, 6) is 0. The van der Waals surface area contributed by atoms with Gasteiger partial charge in [0.15, 0.2) is 0 Å². The molecule has 0 bridgehead atoms. The fourth-order valence-corrected chi connectivity index (χ4v) is 1.65. The molecule has 1 N–H and O–H groups in total. The van der Waals surface area contributed by atoms with E-state index >= 15 is 0 Å². The minimum Gasteiger partial charge on any atom is -0.388 e. The van der Waals surface area contributed by atoms with Crippen LogP contribution < -0.4 is 5.32 Å². The molecule has 1 aromatic carbocycles. The largest absolute Gasteiger partial charge is 0.388 e. The van der Waals surface area contributed by atoms with E-state index in [1.165, 1.54) is 5.56 Å². The van der Waals surface area contributed by atoms with Crippen molar-refractivity contribution in [1.82, 2.24) is 9.78 Å². The molecule has 0 aliphatic carbocycles. The minimum absolute atomic E-state index is 0.680. The maximum Gasteiger partial charge on any atom is 0.0658 e. The molecule has 0 amide bonds. The van der Waals surface area contributed by atoms with Crippen LogP contribution in [-0.4, -0.2) is 30.5 Å². The molecule has 4 heteroatoms. The van der Waals surface area contributed by atoms with Crippen LogP contribution in [0, 0.1) is 0 Å². The zero-order valence-corrected chi connectivity index (χ0v) is 10.2. The van der Waals surface area contributed by atoms with E-state index in [1.54, 1.807) is 7.11 Å². The summed E-state index contributed by atoms with van der Waals surface area (Å²) >= 11 is 0. The molecule has 0 atom stereocenters. The van der Waals surface area contributed by atoms with Gasteiger partial charge in [0.25, 0.3) is 0 Å². The fourth-order valence-electron chi connectivity index (χ4n) is 1.65. The molecule has 0 saturated heterocycles. The second-order valence-corrected chi connectivity index (χ2v) is 3.81. The Kier molecular flexibility index (Phi) is 3.77. The first kappa shape index (κ1) is 11.7. The van der Waals surface area contributed by atoms with Crippen LogP contribution >= 0.6 is 0 Å². The highest BCUT2D eigenvalue weighted by Crippen LogP contribution is 2.20. The van der Waals surface area contributed by atoms with Gasteiger partial charge in [-0.3, -0.25) is 4.68 Å². The second-order valence-electron chi connectivity index (χ2n) is 3.81. The van der Waals surface area contributed by atoms with Crippen LogP contribution in [0.25, 0.3) is 11.1 Å². The number of nitrogens with zero attached hydrogens (tertiary/aromatic N) is 2. The van der Waals surface area contributed by atoms with Crippen LogP contribution in [-0.2, 0) is 11.3 Å². The van der Waals surface area contributed by atoms with Gasteiger partial charge in [0.05, 0.1) is 19.3 Å². The number of methoxy groups -OCH3 is 1. The highest BCUT2D eigenvalue weighted by molar-refractivity contribution is 5.64. The first-order chi connectivity index (χ1) is 8.33. The van der Waals surface area contributed by atoms with Crippen molar-refractivity contribution in [3.05, 3.63) is 36.7 Å². The molecule has 4 nitrogen and oxygen atoms in total. The molecule has 17 heavy (non-hydrogen) atoms. The first-order valence-corrected chi connectivity index (χ1v) is 5.63. The smallest absolute Gasteiger partial charge is 0.0658 e. The van der Waals surface area contributed by atoms with E-state index in [-0.39, 0.29) is 0 Å². The molecule has 0 saturated carbocycles. The molecule has 0 spiro atoms. The highest BCUT2D eigenvalue weighted by atomic mass is 16.5. The standard InChI is InChI=1S/C13H17N3O/c1-14-13-5-3-11(4-6-13)12-9-15-16(10-12)7-8-17-2/h3-6,9-10,14H,7-8H2,1-2H3. The minimum atomic E-state index is 0.680. The number of hydrogen-bond donors (Lipinski definition) is 1. The van der Waals surface area contributed by atoms with Gasteiger partial charge in [0.2, 0.25) is 0 Å². The van der Waals surface area contributed by atoms with Gasteiger partial charge in [0, 0.05) is 31.6 Å². The number of ether oxygens (including phenoxy) is 1. The molecule has 0 aliphatic heterocycles. The molecule has 0 radical (unpaired) electrons. The third kappa shape index (κ3) is 2.85. The monoisotopic (exact) mass is 231 g/mol. The van der Waals surface area contributed by atoms with Gasteiger partial charge in [-0.05, 0) is 17.7 Å². The Morgan fingerprint density at radius 2 is 2.00 bits per heavy atom. The van der Waals surface area contributed by atoms with Gasteiger partial charge in [0.1, 0.15) is 0 Å². The first-order valence-electron chi connectivity index (χ1n) is 5.63. The average Bonchev–Trinajstić information content (AvgIpc) is 2.85. The van der Waals surface area contributed by atoms with Crippen LogP contribution in [0.4, 0.5) is 5.69 Å². The van der Waals surface area contributed by atoms with Crippen LogP contribution in [0.5, 0.6) is 0 Å². The number of hydrogen-bond acceptors (Lipinski definition) is 3. The van der Waals surface area contributed by atoms with E-state index in [1.807, 2.05) is 24.1 Å². The average molecular weight is 231 g/mol. The summed E-state index contributed by atoms with van der Waals surface area (Å²) in [6, 6.07) is 8.29. The van der Waals surface area contributed by atoms with Crippen LogP contribution in [0.1, 0.15) is 0 Å². The van der Waals surface area contributed by atoms with Crippen molar-refractivity contribution in [3.8, 4) is 11.1 Å². The molecule has 1 aromatic heterocycles. The number of rotatable bonds is 5. The zero-order valence-electron chi connectivity index (χ0n) is 10.2. The topological polar surface area (TPSA) is 39.1 Å². The van der Waals surface area contributed by atoms with Crippen LogP contribution in [0.15, 0.2) is 36.7 Å². The van der Waals surface area contributed by atoms with Crippen molar-refractivity contribution < 1.29 is 4.74 Å². The van der Waals surface area contributed by atoms with Crippen LogP contribution in [0.2, 0.25) is 0 Å². The number of aromatic nitrogens is 2. The summed E-state index contributed by atoms with van der Waals surface area (Å²) in [5, 5.41) is 7.40. The maximum absolute atomic E-state index is 5.02. The van der Waals surface area contributed by atoms with Gasteiger partial charge >= 0.3 is 0 Å².